The molecule has 10 fully saturated rings. The number of carbonyl (C=O) groups excluding carboxylic acids is 2. The van der Waals surface area contributed by atoms with Crippen molar-refractivity contribution < 1.29 is 39.2 Å². The number of carbonyl (C=O) groups is 2. The summed E-state index contributed by atoms with van der Waals surface area (Å²) in [5.41, 5.74) is 10.9. The van der Waals surface area contributed by atoms with E-state index in [1.54, 1.807) is 12.2 Å². The summed E-state index contributed by atoms with van der Waals surface area (Å²) >= 11 is 0. The van der Waals surface area contributed by atoms with Gasteiger partial charge in [-0.05, 0) is 314 Å². The van der Waals surface area contributed by atoms with Crippen molar-refractivity contribution in [2.24, 2.45) is 151 Å². The largest absolute Gasteiger partial charge is 0.508 e. The summed E-state index contributed by atoms with van der Waals surface area (Å²) < 4.78 is 0. The highest BCUT2D eigenvalue weighted by Gasteiger charge is 2.65. The molecule has 0 bridgehead atoms. The number of allylic oxidation sites excluding steroid dienone is 6. The van der Waals surface area contributed by atoms with Gasteiger partial charge in [0.15, 0.2) is 11.6 Å². The Kier molecular flexibility index (Phi) is 19.2. The number of hydrogen-bond donors (Lipinski definition) is 6. The molecular formula is C84H124N4O8. The Morgan fingerprint density at radius 1 is 0.385 bits per heavy atom. The predicted molar refractivity (Wildman–Crippen MR) is 381 cm³/mol. The monoisotopic (exact) mass is 1320 g/mol. The fourth-order valence-electron chi connectivity index (χ4n) is 26.9. The van der Waals surface area contributed by atoms with Gasteiger partial charge in [0.2, 0.25) is 0 Å². The van der Waals surface area contributed by atoms with Crippen LogP contribution in [0.3, 0.4) is 0 Å². The van der Waals surface area contributed by atoms with E-state index in [9.17, 15) is 19.8 Å². The molecule has 96 heavy (non-hydrogen) atoms. The smallest absolute Gasteiger partial charge is 0.178 e. The van der Waals surface area contributed by atoms with Gasteiger partial charge < -0.3 is 29.6 Å². The van der Waals surface area contributed by atoms with Crippen LogP contribution >= 0.6 is 0 Å². The minimum atomic E-state index is 0.125. The van der Waals surface area contributed by atoms with E-state index in [0.29, 0.717) is 119 Å². The molecule has 2 aromatic rings. The van der Waals surface area contributed by atoms with Crippen molar-refractivity contribution in [2.75, 3.05) is 26.4 Å². The molecule has 0 radical (unpaired) electrons. The molecule has 0 heterocycles. The van der Waals surface area contributed by atoms with Gasteiger partial charge in [-0.3, -0.25) is 9.59 Å². The summed E-state index contributed by atoms with van der Waals surface area (Å²) in [5, 5.41) is 20.0. The van der Waals surface area contributed by atoms with Gasteiger partial charge in [0, 0.05) is 35.5 Å². The van der Waals surface area contributed by atoms with Crippen LogP contribution in [0.1, 0.15) is 246 Å². The molecule has 0 amide bonds. The van der Waals surface area contributed by atoms with Gasteiger partial charge in [-0.15, -0.1) is 0 Å². The number of hydrogen-bond acceptors (Lipinski definition) is 12. The average molecular weight is 1320 g/mol. The lowest BCUT2D eigenvalue weighted by Gasteiger charge is -2.60. The number of benzene rings is 2. The normalized spacial score (nSPS) is 47.0. The molecule has 2 aromatic carbocycles. The van der Waals surface area contributed by atoms with Gasteiger partial charge in [0.05, 0.1) is 26.4 Å². The lowest BCUT2D eigenvalue weighted by atomic mass is 9.44. The van der Waals surface area contributed by atoms with E-state index in [0.717, 1.165) is 73.0 Å². The first-order chi connectivity index (χ1) is 45.6. The van der Waals surface area contributed by atoms with Crippen LogP contribution in [0.2, 0.25) is 0 Å². The maximum absolute atomic E-state index is 12.0. The Bertz CT molecular complexity index is 3160. The van der Waals surface area contributed by atoms with E-state index in [4.69, 9.17) is 42.9 Å². The molecule has 0 aliphatic heterocycles. The highest BCUT2D eigenvalue weighted by atomic mass is 16.6. The van der Waals surface area contributed by atoms with Crippen LogP contribution in [0.15, 0.2) is 84.0 Å². The van der Waals surface area contributed by atoms with Gasteiger partial charge in [0.25, 0.3) is 0 Å². The lowest BCUT2D eigenvalue weighted by molar-refractivity contribution is -0.112. The number of phenols is 2. The quantitative estimate of drug-likeness (QED) is 0.136. The Morgan fingerprint density at radius 2 is 0.677 bits per heavy atom. The third kappa shape index (κ3) is 11.2. The molecule has 10 N–H and O–H groups in total. The molecule has 10 saturated carbocycles. The van der Waals surface area contributed by atoms with E-state index in [-0.39, 0.29) is 33.2 Å². The molecule has 18 unspecified atom stereocenters. The van der Waals surface area contributed by atoms with Gasteiger partial charge in [-0.2, -0.15) is 0 Å². The highest BCUT2D eigenvalue weighted by Crippen LogP contribution is 2.72. The van der Waals surface area contributed by atoms with Crippen molar-refractivity contribution in [3.63, 3.8) is 0 Å². The second-order valence-corrected chi connectivity index (χ2v) is 37.0. The molecule has 12 nitrogen and oxygen atoms in total. The summed E-state index contributed by atoms with van der Waals surface area (Å²) in [4.78, 5) is 44.2. The zero-order valence-electron chi connectivity index (χ0n) is 60.9. The minimum absolute atomic E-state index is 0.125. The predicted octanol–water partition coefficient (Wildman–Crippen LogP) is 17.1. The zero-order valence-corrected chi connectivity index (χ0v) is 60.9. The van der Waals surface area contributed by atoms with Gasteiger partial charge in [0.1, 0.15) is 11.5 Å². The van der Waals surface area contributed by atoms with E-state index in [1.165, 1.54) is 136 Å². The summed E-state index contributed by atoms with van der Waals surface area (Å²) in [6, 6.07) is 12.0. The van der Waals surface area contributed by atoms with Crippen molar-refractivity contribution in [3.05, 3.63) is 106 Å². The third-order valence-electron chi connectivity index (χ3n) is 33.7. The maximum atomic E-state index is 12.0. The maximum Gasteiger partial charge on any atom is 0.178 e. The zero-order chi connectivity index (χ0) is 68.5. The Hall–Kier alpha value is -3.98. The summed E-state index contributed by atoms with van der Waals surface area (Å²) in [6.45, 7) is 32.0. The molecule has 0 aromatic heterocycles. The number of aromatic hydroxyl groups is 2. The number of fused-ring (bicyclic) bond motifs is 20. The number of nitrogens with two attached hydrogens (primary N) is 4. The second-order valence-electron chi connectivity index (χ2n) is 37.0. The molecule has 14 aliphatic carbocycles. The van der Waals surface area contributed by atoms with Crippen molar-refractivity contribution in [1.82, 2.24) is 0 Å². The van der Waals surface area contributed by atoms with Crippen LogP contribution in [0.25, 0.3) is 0 Å². The average Bonchev–Trinajstić information content (AvgIpc) is 1.24. The van der Waals surface area contributed by atoms with Crippen LogP contribution < -0.4 is 23.6 Å². The highest BCUT2D eigenvalue weighted by molar-refractivity contribution is 6.01. The van der Waals surface area contributed by atoms with Crippen molar-refractivity contribution >= 4 is 11.6 Å². The van der Waals surface area contributed by atoms with Crippen LogP contribution in [-0.2, 0) is 39.8 Å². The Morgan fingerprint density at radius 3 is 1.01 bits per heavy atom. The molecule has 16 rings (SSSR count). The molecule has 0 saturated heterocycles. The van der Waals surface area contributed by atoms with Crippen molar-refractivity contribution in [2.45, 2.75) is 234 Å². The summed E-state index contributed by atoms with van der Waals surface area (Å²) in [6.07, 6.45) is 37.5. The van der Waals surface area contributed by atoms with Gasteiger partial charge in [-0.25, -0.2) is 23.6 Å². The third-order valence-corrected chi connectivity index (χ3v) is 33.7. The van der Waals surface area contributed by atoms with Crippen LogP contribution in [-0.4, -0.2) is 48.2 Å². The molecule has 14 aliphatic rings. The fourth-order valence-corrected chi connectivity index (χ4v) is 26.9. The second kappa shape index (κ2) is 26.1. The number of ketones is 2. The van der Waals surface area contributed by atoms with E-state index in [1.807, 2.05) is 36.4 Å². The Labute approximate surface area is 576 Å². The van der Waals surface area contributed by atoms with E-state index >= 15 is 0 Å². The van der Waals surface area contributed by atoms with Crippen molar-refractivity contribution in [1.29, 1.82) is 0 Å². The van der Waals surface area contributed by atoms with Crippen LogP contribution in [0.4, 0.5) is 0 Å². The molecule has 12 heteroatoms. The van der Waals surface area contributed by atoms with E-state index < -0.39 is 0 Å². The first-order valence-electron chi connectivity index (χ1n) is 38.4. The summed E-state index contributed by atoms with van der Waals surface area (Å²) in [7, 11) is 0. The topological polar surface area (TPSA) is 216 Å². The first kappa shape index (κ1) is 70.5. The molecular weight excluding hydrogens is 1190 g/mol. The standard InChI is InChI=1S/4C21H31NO2/c4*1-13-4-6-18-19-10-14(12-24-22)16-11-15(23)5-7-17(16)21(19,3)9-8-20(13,18)2/h2*5,7,11,13-14,18-19,23H,4,6,8-10,12,22H2,1-3H3;2*5,7,11,13-14,17-19H,4,6,8-10,12,22H2,1-3H3/t13?,14-,18?,19?,20?,21+;13?,14-,18?,19?,20?,21-;13?,14-,17?,18?,19?,20?,21+;13?,14-,17?,18?,19?,20?,21-/m0101/s1. The van der Waals surface area contributed by atoms with Gasteiger partial charge >= 0.3 is 0 Å². The molecule has 26 atom stereocenters. The van der Waals surface area contributed by atoms with Crippen LogP contribution in [0.5, 0.6) is 11.5 Å². The summed E-state index contributed by atoms with van der Waals surface area (Å²) in [5.74, 6) is 34.0. The molecule has 528 valence electrons. The minimum Gasteiger partial charge on any atom is -0.508 e. The fraction of sp³-hybridized carbons (Fsp3) is 0.738. The number of rotatable bonds is 8. The van der Waals surface area contributed by atoms with Crippen molar-refractivity contribution in [3.8, 4) is 11.5 Å². The first-order valence-corrected chi connectivity index (χ1v) is 38.4. The molecule has 0 spiro atoms. The SMILES string of the molecule is CC1CCC2C3C[C@@H](CON)C4=CC(=O)C=CC4[C@@]3(C)CCC12C.CC1CCC2C3C[C@@H](CON)c4cc(O)ccc4[C@@]3(C)CCC12C.CC1CCC2C3C[C@H](CON)C4=CC(=O)C=CC4[C@@]3(C)CCC12C.CC1CCC2C3C[C@H](CON)c4cc(O)ccc4[C@@]3(C)CCC12C. The Balaban J connectivity index is 0.000000116. The van der Waals surface area contributed by atoms with Gasteiger partial charge in [-0.1, -0.05) is 119 Å². The number of phenolic OH excluding ortho intramolecular Hbond substituents is 2. The lowest BCUT2D eigenvalue weighted by Crippen LogP contribution is -2.54. The van der Waals surface area contributed by atoms with Crippen LogP contribution in [0, 0.1) is 127 Å². The van der Waals surface area contributed by atoms with E-state index in [2.05, 4.69) is 107 Å².